The summed E-state index contributed by atoms with van der Waals surface area (Å²) in [6.45, 7) is 1.48. The summed E-state index contributed by atoms with van der Waals surface area (Å²) in [6.07, 6.45) is 0.345. The van der Waals surface area contributed by atoms with Crippen LogP contribution in [0.5, 0.6) is 11.5 Å². The summed E-state index contributed by atoms with van der Waals surface area (Å²) in [4.78, 5) is 11.5. The van der Waals surface area contributed by atoms with Crippen molar-refractivity contribution >= 4 is 17.3 Å². The Morgan fingerprint density at radius 2 is 1.81 bits per heavy atom. The second-order valence-electron chi connectivity index (χ2n) is 4.31. The highest BCUT2D eigenvalue weighted by Crippen LogP contribution is 2.34. The van der Waals surface area contributed by atoms with E-state index in [-0.39, 0.29) is 5.91 Å². The van der Waals surface area contributed by atoms with Gasteiger partial charge in [0.15, 0.2) is 11.5 Å². The first-order valence-corrected chi connectivity index (χ1v) is 6.63. The van der Waals surface area contributed by atoms with Gasteiger partial charge < -0.3 is 30.6 Å². The predicted molar refractivity (Wildman–Crippen MR) is 82.0 cm³/mol. The molecular formula is C14H23N3O4. The van der Waals surface area contributed by atoms with Crippen LogP contribution in [0.4, 0.5) is 11.4 Å². The second kappa shape index (κ2) is 8.91. The normalized spacial score (nSPS) is 10.0. The van der Waals surface area contributed by atoms with Crippen molar-refractivity contribution in [2.75, 3.05) is 52.1 Å². The van der Waals surface area contributed by atoms with E-state index in [1.807, 2.05) is 0 Å². The van der Waals surface area contributed by atoms with E-state index in [0.717, 1.165) is 0 Å². The third-order valence-electron chi connectivity index (χ3n) is 2.85. The van der Waals surface area contributed by atoms with Crippen molar-refractivity contribution in [3.8, 4) is 11.5 Å². The van der Waals surface area contributed by atoms with E-state index in [1.54, 1.807) is 33.5 Å². The first-order chi connectivity index (χ1) is 10.1. The van der Waals surface area contributed by atoms with E-state index in [2.05, 4.69) is 10.6 Å². The molecule has 7 heteroatoms. The Balaban J connectivity index is 2.50. The first kappa shape index (κ1) is 16.9. The Morgan fingerprint density at radius 1 is 1.14 bits per heavy atom. The zero-order valence-corrected chi connectivity index (χ0v) is 12.7. The molecule has 0 fully saturated rings. The maximum absolute atomic E-state index is 11.5. The first-order valence-electron chi connectivity index (χ1n) is 6.63. The monoisotopic (exact) mass is 297 g/mol. The molecule has 0 saturated heterocycles. The Morgan fingerprint density at radius 3 is 2.43 bits per heavy atom. The summed E-state index contributed by atoms with van der Waals surface area (Å²) < 4.78 is 15.2. The number of benzene rings is 1. The van der Waals surface area contributed by atoms with E-state index in [1.165, 1.54) is 0 Å². The van der Waals surface area contributed by atoms with Crippen molar-refractivity contribution in [2.24, 2.45) is 0 Å². The minimum absolute atomic E-state index is 0.0430. The molecule has 0 saturated carbocycles. The van der Waals surface area contributed by atoms with E-state index in [9.17, 15) is 4.79 Å². The van der Waals surface area contributed by atoms with Gasteiger partial charge in [-0.2, -0.15) is 0 Å². The molecule has 0 bridgehead atoms. The van der Waals surface area contributed by atoms with E-state index >= 15 is 0 Å². The van der Waals surface area contributed by atoms with Gasteiger partial charge >= 0.3 is 0 Å². The number of carbonyl (C=O) groups is 1. The Hall–Kier alpha value is -2.15. The highest BCUT2D eigenvalue weighted by molar-refractivity contribution is 5.77. The maximum atomic E-state index is 11.5. The fourth-order valence-electron chi connectivity index (χ4n) is 1.74. The van der Waals surface area contributed by atoms with Crippen LogP contribution in [0, 0.1) is 0 Å². The van der Waals surface area contributed by atoms with Gasteiger partial charge in [-0.05, 0) is 0 Å². The lowest BCUT2D eigenvalue weighted by molar-refractivity contribution is -0.121. The number of carbonyl (C=O) groups excluding carboxylic acids is 1. The summed E-state index contributed by atoms with van der Waals surface area (Å²) in [6, 6.07) is 3.43. The van der Waals surface area contributed by atoms with E-state index < -0.39 is 0 Å². The van der Waals surface area contributed by atoms with Crippen LogP contribution < -0.4 is 25.8 Å². The van der Waals surface area contributed by atoms with Crippen LogP contribution in [-0.2, 0) is 9.53 Å². The molecule has 1 amide bonds. The molecule has 0 unspecified atom stereocenters. The molecule has 0 aliphatic rings. The molecule has 0 aromatic heterocycles. The van der Waals surface area contributed by atoms with Crippen molar-refractivity contribution in [3.05, 3.63) is 12.1 Å². The van der Waals surface area contributed by atoms with Crippen molar-refractivity contribution in [1.82, 2.24) is 5.32 Å². The Bertz CT molecular complexity index is 466. The standard InChI is InChI=1S/C14H23N3O4/c1-19-7-6-17-14(18)4-5-16-11-9-13(21-3)12(20-2)8-10(11)15/h8-9,16H,4-7,15H2,1-3H3,(H,17,18). The summed E-state index contributed by atoms with van der Waals surface area (Å²) in [5, 5.41) is 5.85. The average molecular weight is 297 g/mol. The smallest absolute Gasteiger partial charge is 0.221 e. The Labute approximate surface area is 124 Å². The average Bonchev–Trinajstić information content (AvgIpc) is 2.48. The van der Waals surface area contributed by atoms with Crippen molar-refractivity contribution in [2.45, 2.75) is 6.42 Å². The quantitative estimate of drug-likeness (QED) is 0.462. The van der Waals surface area contributed by atoms with Crippen LogP contribution in [0.1, 0.15) is 6.42 Å². The van der Waals surface area contributed by atoms with Gasteiger partial charge in [-0.1, -0.05) is 0 Å². The molecule has 1 rings (SSSR count). The van der Waals surface area contributed by atoms with Crippen LogP contribution in [0.3, 0.4) is 0 Å². The van der Waals surface area contributed by atoms with Gasteiger partial charge in [-0.3, -0.25) is 4.79 Å². The summed E-state index contributed by atoms with van der Waals surface area (Å²) in [7, 11) is 4.70. The number of hydrogen-bond donors (Lipinski definition) is 3. The van der Waals surface area contributed by atoms with Crippen molar-refractivity contribution in [3.63, 3.8) is 0 Å². The number of nitrogens with two attached hydrogens (primary N) is 1. The molecule has 118 valence electrons. The zero-order chi connectivity index (χ0) is 15.7. The van der Waals surface area contributed by atoms with Gasteiger partial charge in [0.05, 0.1) is 32.2 Å². The molecule has 7 nitrogen and oxygen atoms in total. The van der Waals surface area contributed by atoms with Crippen LogP contribution in [0.25, 0.3) is 0 Å². The number of amides is 1. The molecule has 0 atom stereocenters. The summed E-state index contributed by atoms with van der Waals surface area (Å²) >= 11 is 0. The third kappa shape index (κ3) is 5.39. The lowest BCUT2D eigenvalue weighted by Crippen LogP contribution is -2.28. The van der Waals surface area contributed by atoms with Crippen LogP contribution in [-0.4, -0.2) is 46.9 Å². The maximum Gasteiger partial charge on any atom is 0.221 e. The van der Waals surface area contributed by atoms with Crippen LogP contribution >= 0.6 is 0 Å². The number of rotatable bonds is 9. The van der Waals surface area contributed by atoms with Gasteiger partial charge in [-0.25, -0.2) is 0 Å². The summed E-state index contributed by atoms with van der Waals surface area (Å²) in [5.41, 5.74) is 7.16. The molecule has 4 N–H and O–H groups in total. The highest BCUT2D eigenvalue weighted by atomic mass is 16.5. The number of methoxy groups -OCH3 is 3. The Kier molecular flexibility index (Phi) is 7.17. The minimum Gasteiger partial charge on any atom is -0.493 e. The molecule has 0 heterocycles. The van der Waals surface area contributed by atoms with Gasteiger partial charge in [0.1, 0.15) is 0 Å². The SMILES string of the molecule is COCCNC(=O)CCNc1cc(OC)c(OC)cc1N. The van der Waals surface area contributed by atoms with Gasteiger partial charge in [-0.15, -0.1) is 0 Å². The van der Waals surface area contributed by atoms with Crippen molar-refractivity contribution < 1.29 is 19.0 Å². The second-order valence-corrected chi connectivity index (χ2v) is 4.31. The fourth-order valence-corrected chi connectivity index (χ4v) is 1.74. The number of nitrogens with one attached hydrogen (secondary N) is 2. The van der Waals surface area contributed by atoms with Crippen molar-refractivity contribution in [1.29, 1.82) is 0 Å². The minimum atomic E-state index is -0.0430. The molecular weight excluding hydrogens is 274 g/mol. The van der Waals surface area contributed by atoms with E-state index in [4.69, 9.17) is 19.9 Å². The third-order valence-corrected chi connectivity index (χ3v) is 2.85. The lowest BCUT2D eigenvalue weighted by atomic mass is 10.2. The number of nitrogen functional groups attached to an aromatic ring is 1. The zero-order valence-electron chi connectivity index (χ0n) is 12.7. The lowest BCUT2D eigenvalue weighted by Gasteiger charge is -2.14. The van der Waals surface area contributed by atoms with Crippen LogP contribution in [0.15, 0.2) is 12.1 Å². The topological polar surface area (TPSA) is 94.8 Å². The van der Waals surface area contributed by atoms with Crippen LogP contribution in [0.2, 0.25) is 0 Å². The molecule has 0 spiro atoms. The number of anilines is 2. The molecule has 21 heavy (non-hydrogen) atoms. The molecule has 1 aromatic rings. The summed E-state index contributed by atoms with van der Waals surface area (Å²) in [5.74, 6) is 1.11. The van der Waals surface area contributed by atoms with Gasteiger partial charge in [0, 0.05) is 38.8 Å². The molecule has 0 aliphatic heterocycles. The highest BCUT2D eigenvalue weighted by Gasteiger charge is 2.09. The predicted octanol–water partition coefficient (Wildman–Crippen LogP) is 0.851. The van der Waals surface area contributed by atoms with Gasteiger partial charge in [0.2, 0.25) is 5.91 Å². The number of ether oxygens (including phenoxy) is 3. The largest absolute Gasteiger partial charge is 0.493 e. The van der Waals surface area contributed by atoms with E-state index in [0.29, 0.717) is 49.0 Å². The fraction of sp³-hybridized carbons (Fsp3) is 0.500. The molecule has 0 aliphatic carbocycles. The van der Waals surface area contributed by atoms with Gasteiger partial charge in [0.25, 0.3) is 0 Å². The number of hydrogen-bond acceptors (Lipinski definition) is 6. The molecule has 0 radical (unpaired) electrons. The molecule has 1 aromatic carbocycles.